The van der Waals surface area contributed by atoms with Crippen LogP contribution in [0.15, 0.2) is 12.3 Å². The lowest BCUT2D eigenvalue weighted by atomic mass is 10.0. The van der Waals surface area contributed by atoms with Crippen molar-refractivity contribution in [1.82, 2.24) is 0 Å². The van der Waals surface area contributed by atoms with E-state index in [1.54, 1.807) is 0 Å². The highest BCUT2D eigenvalue weighted by Gasteiger charge is 2.22. The van der Waals surface area contributed by atoms with Gasteiger partial charge in [0.25, 0.3) is 0 Å². The quantitative estimate of drug-likeness (QED) is 0.649. The van der Waals surface area contributed by atoms with Crippen LogP contribution in [0, 0.1) is 0 Å². The van der Waals surface area contributed by atoms with E-state index in [2.05, 4.69) is 6.58 Å². The molecule has 0 aromatic carbocycles. The van der Waals surface area contributed by atoms with E-state index < -0.39 is 11.7 Å². The third-order valence-electron chi connectivity index (χ3n) is 1.45. The standard InChI is InChI=1S/C9H18FNO/c1-5-12-7(2)8(11)6-9(3,4)10/h8H,2,5-6,11H2,1,3-4H3/t8-/m0/s1. The van der Waals surface area contributed by atoms with Crippen LogP contribution in [0.2, 0.25) is 0 Å². The fourth-order valence-corrected chi connectivity index (χ4v) is 0.929. The van der Waals surface area contributed by atoms with Gasteiger partial charge in [-0.25, -0.2) is 4.39 Å². The molecule has 0 aliphatic rings. The molecule has 2 N–H and O–H groups in total. The molecular weight excluding hydrogens is 157 g/mol. The van der Waals surface area contributed by atoms with E-state index in [4.69, 9.17) is 10.5 Å². The molecule has 0 aromatic heterocycles. The first kappa shape index (κ1) is 11.4. The topological polar surface area (TPSA) is 35.2 Å². The van der Waals surface area contributed by atoms with E-state index >= 15 is 0 Å². The van der Waals surface area contributed by atoms with Gasteiger partial charge >= 0.3 is 0 Å². The second-order valence-electron chi connectivity index (χ2n) is 3.43. The Morgan fingerprint density at radius 1 is 1.67 bits per heavy atom. The summed E-state index contributed by atoms with van der Waals surface area (Å²) in [4.78, 5) is 0. The van der Waals surface area contributed by atoms with Crippen molar-refractivity contribution in [2.75, 3.05) is 6.61 Å². The molecule has 72 valence electrons. The zero-order valence-electron chi connectivity index (χ0n) is 8.06. The molecule has 0 heterocycles. The average molecular weight is 175 g/mol. The molecule has 3 heteroatoms. The van der Waals surface area contributed by atoms with Gasteiger partial charge in [0.15, 0.2) is 0 Å². The van der Waals surface area contributed by atoms with Crippen LogP contribution in [-0.4, -0.2) is 18.3 Å². The molecule has 1 atom stereocenters. The summed E-state index contributed by atoms with van der Waals surface area (Å²) in [5.41, 5.74) is 4.36. The summed E-state index contributed by atoms with van der Waals surface area (Å²) in [6.07, 6.45) is 0.242. The molecule has 0 saturated carbocycles. The summed E-state index contributed by atoms with van der Waals surface area (Å²) in [5, 5.41) is 0. The average Bonchev–Trinajstić information content (AvgIpc) is 1.84. The predicted octanol–water partition coefficient (Wildman–Crippen LogP) is 2.00. The van der Waals surface area contributed by atoms with Crippen molar-refractivity contribution in [3.63, 3.8) is 0 Å². The summed E-state index contributed by atoms with van der Waals surface area (Å²) < 4.78 is 18.1. The Kier molecular flexibility index (Phi) is 4.24. The molecule has 0 amide bonds. The van der Waals surface area contributed by atoms with Crippen molar-refractivity contribution in [2.45, 2.75) is 38.9 Å². The van der Waals surface area contributed by atoms with E-state index in [1.807, 2.05) is 6.92 Å². The summed E-state index contributed by atoms with van der Waals surface area (Å²) in [6, 6.07) is -0.412. The lowest BCUT2D eigenvalue weighted by molar-refractivity contribution is 0.157. The number of nitrogens with two attached hydrogens (primary N) is 1. The van der Waals surface area contributed by atoms with Crippen molar-refractivity contribution in [2.24, 2.45) is 5.73 Å². The molecule has 0 aliphatic carbocycles. The summed E-state index contributed by atoms with van der Waals surface area (Å²) >= 11 is 0. The van der Waals surface area contributed by atoms with Crippen molar-refractivity contribution >= 4 is 0 Å². The minimum atomic E-state index is -1.26. The molecule has 12 heavy (non-hydrogen) atoms. The number of halogens is 1. The molecule has 0 spiro atoms. The van der Waals surface area contributed by atoms with Gasteiger partial charge in [0.05, 0.1) is 12.6 Å². The summed E-state index contributed by atoms with van der Waals surface area (Å²) in [5.74, 6) is 0.461. The number of hydrogen-bond donors (Lipinski definition) is 1. The van der Waals surface area contributed by atoms with E-state index in [9.17, 15) is 4.39 Å². The first-order chi connectivity index (χ1) is 5.37. The summed E-state index contributed by atoms with van der Waals surface area (Å²) in [6.45, 7) is 8.97. The number of rotatable bonds is 5. The van der Waals surface area contributed by atoms with E-state index in [0.29, 0.717) is 12.4 Å². The maximum absolute atomic E-state index is 13.1. The molecule has 0 aromatic rings. The van der Waals surface area contributed by atoms with E-state index in [0.717, 1.165) is 0 Å². The highest BCUT2D eigenvalue weighted by Crippen LogP contribution is 2.18. The Labute approximate surface area is 73.6 Å². The lowest BCUT2D eigenvalue weighted by Gasteiger charge is -2.21. The zero-order valence-corrected chi connectivity index (χ0v) is 8.06. The number of ether oxygens (including phenoxy) is 1. The van der Waals surface area contributed by atoms with Crippen LogP contribution in [0.4, 0.5) is 4.39 Å². The largest absolute Gasteiger partial charge is 0.497 e. The lowest BCUT2D eigenvalue weighted by Crippen LogP contribution is -2.31. The van der Waals surface area contributed by atoms with Gasteiger partial charge in [-0.3, -0.25) is 0 Å². The Bertz CT molecular complexity index is 151. The molecule has 0 bridgehead atoms. The smallest absolute Gasteiger partial charge is 0.107 e. The van der Waals surface area contributed by atoms with Crippen LogP contribution in [0.5, 0.6) is 0 Å². The van der Waals surface area contributed by atoms with Crippen LogP contribution in [0.25, 0.3) is 0 Å². The SMILES string of the molecule is C=C(OCC)[C@@H](N)CC(C)(C)F. The van der Waals surface area contributed by atoms with Gasteiger partial charge in [-0.1, -0.05) is 6.58 Å². The minimum absolute atomic E-state index is 0.242. The van der Waals surface area contributed by atoms with Gasteiger partial charge in [0.1, 0.15) is 11.4 Å². The van der Waals surface area contributed by atoms with Crippen LogP contribution in [0.1, 0.15) is 27.2 Å². The molecule has 2 nitrogen and oxygen atoms in total. The second kappa shape index (κ2) is 4.45. The number of alkyl halides is 1. The van der Waals surface area contributed by atoms with E-state index in [1.165, 1.54) is 13.8 Å². The molecular formula is C9H18FNO. The fraction of sp³-hybridized carbons (Fsp3) is 0.778. The van der Waals surface area contributed by atoms with Crippen LogP contribution < -0.4 is 5.73 Å². The molecule has 0 radical (unpaired) electrons. The maximum Gasteiger partial charge on any atom is 0.107 e. The van der Waals surface area contributed by atoms with Crippen molar-refractivity contribution in [3.8, 4) is 0 Å². The zero-order chi connectivity index (χ0) is 9.78. The van der Waals surface area contributed by atoms with Gasteiger partial charge in [-0.05, 0) is 20.8 Å². The van der Waals surface area contributed by atoms with Gasteiger partial charge in [0.2, 0.25) is 0 Å². The second-order valence-corrected chi connectivity index (χ2v) is 3.43. The van der Waals surface area contributed by atoms with Gasteiger partial charge in [-0.2, -0.15) is 0 Å². The van der Waals surface area contributed by atoms with Gasteiger partial charge in [0, 0.05) is 6.42 Å². The number of hydrogen-bond acceptors (Lipinski definition) is 2. The molecule has 0 unspecified atom stereocenters. The van der Waals surface area contributed by atoms with Crippen molar-refractivity contribution < 1.29 is 9.13 Å². The molecule has 0 fully saturated rings. The van der Waals surface area contributed by atoms with Crippen LogP contribution in [-0.2, 0) is 4.74 Å². The summed E-state index contributed by atoms with van der Waals surface area (Å²) in [7, 11) is 0. The first-order valence-corrected chi connectivity index (χ1v) is 4.13. The van der Waals surface area contributed by atoms with Crippen LogP contribution >= 0.6 is 0 Å². The van der Waals surface area contributed by atoms with Crippen LogP contribution in [0.3, 0.4) is 0 Å². The third kappa shape index (κ3) is 5.13. The van der Waals surface area contributed by atoms with Gasteiger partial charge < -0.3 is 10.5 Å². The predicted molar refractivity (Wildman–Crippen MR) is 48.5 cm³/mol. The first-order valence-electron chi connectivity index (χ1n) is 4.13. The maximum atomic E-state index is 13.1. The third-order valence-corrected chi connectivity index (χ3v) is 1.45. The Hall–Kier alpha value is -0.570. The van der Waals surface area contributed by atoms with Crippen molar-refractivity contribution in [1.29, 1.82) is 0 Å². The highest BCUT2D eigenvalue weighted by atomic mass is 19.1. The molecule has 0 aliphatic heterocycles. The Morgan fingerprint density at radius 2 is 2.17 bits per heavy atom. The monoisotopic (exact) mass is 175 g/mol. The van der Waals surface area contributed by atoms with Crippen molar-refractivity contribution in [3.05, 3.63) is 12.3 Å². The Morgan fingerprint density at radius 3 is 2.50 bits per heavy atom. The van der Waals surface area contributed by atoms with E-state index in [-0.39, 0.29) is 6.42 Å². The normalized spacial score (nSPS) is 14.1. The van der Waals surface area contributed by atoms with Gasteiger partial charge in [-0.15, -0.1) is 0 Å². The minimum Gasteiger partial charge on any atom is -0.497 e. The molecule has 0 saturated heterocycles. The molecule has 0 rings (SSSR count). The fourth-order valence-electron chi connectivity index (χ4n) is 0.929. The highest BCUT2D eigenvalue weighted by molar-refractivity contribution is 4.97. The Balaban J connectivity index is 3.87.